The molecule has 0 bridgehead atoms. The molecule has 0 aromatic carbocycles. The van der Waals surface area contributed by atoms with Crippen molar-refractivity contribution in [1.29, 1.82) is 0 Å². The van der Waals surface area contributed by atoms with Crippen molar-refractivity contribution in [2.24, 2.45) is 0 Å². The summed E-state index contributed by atoms with van der Waals surface area (Å²) in [5.74, 6) is 0.559. The summed E-state index contributed by atoms with van der Waals surface area (Å²) in [7, 11) is -0.864. The van der Waals surface area contributed by atoms with E-state index in [-0.39, 0.29) is 5.75 Å². The summed E-state index contributed by atoms with van der Waals surface area (Å²) in [4.78, 5) is 2.35. The molecular formula is C12H26N2O2S. The van der Waals surface area contributed by atoms with Crippen LogP contribution in [0.2, 0.25) is 0 Å². The molecule has 0 saturated carbocycles. The lowest BCUT2D eigenvalue weighted by Crippen LogP contribution is -2.51. The van der Waals surface area contributed by atoms with E-state index >= 15 is 0 Å². The molecular weight excluding hydrogens is 236 g/mol. The summed E-state index contributed by atoms with van der Waals surface area (Å²) in [5, 5.41) is 3.28. The third-order valence-electron chi connectivity index (χ3n) is 3.83. The van der Waals surface area contributed by atoms with Crippen molar-refractivity contribution in [3.05, 3.63) is 0 Å². The SMILES string of the molecule is CCS(=O)(=O)CCN1CCCCC1C(C)NC. The lowest BCUT2D eigenvalue weighted by atomic mass is 9.97. The zero-order valence-corrected chi connectivity index (χ0v) is 12.1. The van der Waals surface area contributed by atoms with Crippen LogP contribution in [0.3, 0.4) is 0 Å². The van der Waals surface area contributed by atoms with Gasteiger partial charge >= 0.3 is 0 Å². The van der Waals surface area contributed by atoms with Crippen molar-refractivity contribution in [3.63, 3.8) is 0 Å². The van der Waals surface area contributed by atoms with Gasteiger partial charge in [-0.1, -0.05) is 13.3 Å². The zero-order valence-electron chi connectivity index (χ0n) is 11.3. The van der Waals surface area contributed by atoms with Crippen LogP contribution in [-0.4, -0.2) is 57.0 Å². The first kappa shape index (κ1) is 14.9. The number of nitrogens with one attached hydrogen (secondary N) is 1. The van der Waals surface area contributed by atoms with Crippen LogP contribution < -0.4 is 5.32 Å². The van der Waals surface area contributed by atoms with E-state index in [9.17, 15) is 8.42 Å². The molecule has 1 N–H and O–H groups in total. The standard InChI is InChI=1S/C12H26N2O2S/c1-4-17(15,16)10-9-14-8-6-5-7-12(14)11(2)13-3/h11-13H,4-10H2,1-3H3. The van der Waals surface area contributed by atoms with E-state index in [0.29, 0.717) is 24.4 Å². The molecule has 5 heteroatoms. The molecule has 0 spiro atoms. The minimum atomic E-state index is -2.84. The van der Waals surface area contributed by atoms with E-state index < -0.39 is 9.84 Å². The highest BCUT2D eigenvalue weighted by Crippen LogP contribution is 2.19. The van der Waals surface area contributed by atoms with Crippen molar-refractivity contribution in [1.82, 2.24) is 10.2 Å². The first-order chi connectivity index (χ1) is 8.00. The number of hydrogen-bond acceptors (Lipinski definition) is 4. The highest BCUT2D eigenvalue weighted by molar-refractivity contribution is 7.91. The van der Waals surface area contributed by atoms with Crippen LogP contribution in [0.1, 0.15) is 33.1 Å². The molecule has 1 saturated heterocycles. The molecule has 1 aliphatic heterocycles. The molecule has 2 atom stereocenters. The fourth-order valence-electron chi connectivity index (χ4n) is 2.45. The lowest BCUT2D eigenvalue weighted by Gasteiger charge is -2.39. The molecule has 0 aromatic heterocycles. The van der Waals surface area contributed by atoms with Crippen molar-refractivity contribution >= 4 is 9.84 Å². The second-order valence-electron chi connectivity index (χ2n) is 4.91. The largest absolute Gasteiger partial charge is 0.316 e. The van der Waals surface area contributed by atoms with Gasteiger partial charge in [0.1, 0.15) is 0 Å². The van der Waals surface area contributed by atoms with Gasteiger partial charge in [-0.05, 0) is 33.4 Å². The van der Waals surface area contributed by atoms with Gasteiger partial charge in [0.05, 0.1) is 5.75 Å². The van der Waals surface area contributed by atoms with Gasteiger partial charge in [0, 0.05) is 24.4 Å². The topological polar surface area (TPSA) is 49.4 Å². The first-order valence-corrected chi connectivity index (χ1v) is 8.44. The van der Waals surface area contributed by atoms with E-state index in [1.807, 2.05) is 7.05 Å². The van der Waals surface area contributed by atoms with E-state index in [2.05, 4.69) is 17.1 Å². The van der Waals surface area contributed by atoms with E-state index in [1.54, 1.807) is 6.92 Å². The Hall–Kier alpha value is -0.130. The maximum atomic E-state index is 11.5. The molecule has 17 heavy (non-hydrogen) atoms. The average Bonchev–Trinajstić information content (AvgIpc) is 2.36. The van der Waals surface area contributed by atoms with Gasteiger partial charge in [-0.15, -0.1) is 0 Å². The summed E-state index contributed by atoms with van der Waals surface area (Å²) < 4.78 is 23.1. The summed E-state index contributed by atoms with van der Waals surface area (Å²) in [6.07, 6.45) is 3.63. The first-order valence-electron chi connectivity index (χ1n) is 6.62. The number of piperidine rings is 1. The van der Waals surface area contributed by atoms with Crippen LogP contribution in [0.5, 0.6) is 0 Å². The molecule has 0 aromatic rings. The summed E-state index contributed by atoms with van der Waals surface area (Å²) in [6.45, 7) is 5.62. The van der Waals surface area contributed by atoms with Crippen LogP contribution in [-0.2, 0) is 9.84 Å². The Kier molecular flexibility index (Phi) is 5.89. The molecule has 0 amide bonds. The molecule has 1 rings (SSSR count). The van der Waals surface area contributed by atoms with E-state index in [4.69, 9.17) is 0 Å². The van der Waals surface area contributed by atoms with Crippen LogP contribution in [0.4, 0.5) is 0 Å². The monoisotopic (exact) mass is 262 g/mol. The molecule has 0 aliphatic carbocycles. The molecule has 0 radical (unpaired) electrons. The maximum absolute atomic E-state index is 11.5. The van der Waals surface area contributed by atoms with E-state index in [1.165, 1.54) is 19.3 Å². The Morgan fingerprint density at radius 2 is 2.12 bits per heavy atom. The highest BCUT2D eigenvalue weighted by Gasteiger charge is 2.27. The summed E-state index contributed by atoms with van der Waals surface area (Å²) in [6, 6.07) is 0.917. The number of likely N-dealkylation sites (N-methyl/N-ethyl adjacent to an activating group) is 1. The predicted octanol–water partition coefficient (Wildman–Crippen LogP) is 0.884. The quantitative estimate of drug-likeness (QED) is 0.772. The molecule has 2 unspecified atom stereocenters. The Morgan fingerprint density at radius 1 is 1.41 bits per heavy atom. The lowest BCUT2D eigenvalue weighted by molar-refractivity contribution is 0.129. The number of nitrogens with zero attached hydrogens (tertiary/aromatic N) is 1. The Bertz CT molecular complexity index is 316. The van der Waals surface area contributed by atoms with Gasteiger partial charge < -0.3 is 5.32 Å². The number of rotatable bonds is 6. The Labute approximate surface area is 106 Å². The predicted molar refractivity (Wildman–Crippen MR) is 72.1 cm³/mol. The van der Waals surface area contributed by atoms with Crippen molar-refractivity contribution in [2.75, 3.05) is 31.6 Å². The molecule has 1 fully saturated rings. The third kappa shape index (κ3) is 4.56. The van der Waals surface area contributed by atoms with Gasteiger partial charge in [-0.25, -0.2) is 8.42 Å². The molecule has 4 nitrogen and oxygen atoms in total. The Morgan fingerprint density at radius 3 is 2.71 bits per heavy atom. The second-order valence-corrected chi connectivity index (χ2v) is 7.39. The van der Waals surface area contributed by atoms with Gasteiger partial charge in [0.2, 0.25) is 0 Å². The van der Waals surface area contributed by atoms with Gasteiger partial charge in [-0.2, -0.15) is 0 Å². The molecule has 1 aliphatic rings. The van der Waals surface area contributed by atoms with Crippen molar-refractivity contribution in [2.45, 2.75) is 45.2 Å². The zero-order chi connectivity index (χ0) is 12.9. The minimum Gasteiger partial charge on any atom is -0.316 e. The summed E-state index contributed by atoms with van der Waals surface area (Å²) in [5.41, 5.74) is 0. The van der Waals surface area contributed by atoms with Gasteiger partial charge in [-0.3, -0.25) is 4.90 Å². The number of sulfone groups is 1. The van der Waals surface area contributed by atoms with Crippen LogP contribution in [0.15, 0.2) is 0 Å². The fourth-order valence-corrected chi connectivity index (χ4v) is 3.26. The normalized spacial score (nSPS) is 24.8. The van der Waals surface area contributed by atoms with Crippen molar-refractivity contribution in [3.8, 4) is 0 Å². The minimum absolute atomic E-state index is 0.257. The molecule has 102 valence electrons. The maximum Gasteiger partial charge on any atom is 0.151 e. The van der Waals surface area contributed by atoms with Crippen LogP contribution in [0, 0.1) is 0 Å². The van der Waals surface area contributed by atoms with Gasteiger partial charge in [0.15, 0.2) is 9.84 Å². The third-order valence-corrected chi connectivity index (χ3v) is 5.51. The van der Waals surface area contributed by atoms with Crippen LogP contribution >= 0.6 is 0 Å². The fraction of sp³-hybridized carbons (Fsp3) is 1.00. The smallest absolute Gasteiger partial charge is 0.151 e. The highest BCUT2D eigenvalue weighted by atomic mass is 32.2. The number of hydrogen-bond donors (Lipinski definition) is 1. The average molecular weight is 262 g/mol. The number of likely N-dealkylation sites (tertiary alicyclic amines) is 1. The second kappa shape index (κ2) is 6.71. The molecule has 1 heterocycles. The van der Waals surface area contributed by atoms with Gasteiger partial charge in [0.25, 0.3) is 0 Å². The summed E-state index contributed by atoms with van der Waals surface area (Å²) >= 11 is 0. The Balaban J connectivity index is 2.54. The van der Waals surface area contributed by atoms with E-state index in [0.717, 1.165) is 6.54 Å². The van der Waals surface area contributed by atoms with Crippen molar-refractivity contribution < 1.29 is 8.42 Å². The van der Waals surface area contributed by atoms with Crippen LogP contribution in [0.25, 0.3) is 0 Å².